The highest BCUT2D eigenvalue weighted by atomic mass is 35.5. The van der Waals surface area contributed by atoms with Gasteiger partial charge in [0.2, 0.25) is 0 Å². The molecule has 1 heterocycles. The van der Waals surface area contributed by atoms with Crippen molar-refractivity contribution >= 4 is 17.4 Å². The standard InChI is InChI=1S/C8H12ClN3/c1-3-4-10-8-6(2)7(9)11-5-12-8/h5H,3-4H2,1-2H3,(H,10,11,12). The van der Waals surface area contributed by atoms with Gasteiger partial charge in [0.05, 0.1) is 0 Å². The van der Waals surface area contributed by atoms with E-state index in [1.807, 2.05) is 6.92 Å². The molecule has 0 atom stereocenters. The van der Waals surface area contributed by atoms with Crippen LogP contribution >= 0.6 is 11.6 Å². The maximum absolute atomic E-state index is 5.80. The Morgan fingerprint density at radius 1 is 1.50 bits per heavy atom. The molecule has 4 heteroatoms. The van der Waals surface area contributed by atoms with Crippen LogP contribution in [0.1, 0.15) is 18.9 Å². The Labute approximate surface area is 77.2 Å². The highest BCUT2D eigenvalue weighted by molar-refractivity contribution is 6.30. The van der Waals surface area contributed by atoms with Crippen LogP contribution in [0.15, 0.2) is 6.33 Å². The fourth-order valence-electron chi connectivity index (χ4n) is 0.850. The molecule has 0 radical (unpaired) electrons. The van der Waals surface area contributed by atoms with Crippen molar-refractivity contribution in [2.24, 2.45) is 0 Å². The molecule has 0 unspecified atom stereocenters. The Bertz CT molecular complexity index is 262. The Hall–Kier alpha value is -0.830. The summed E-state index contributed by atoms with van der Waals surface area (Å²) in [7, 11) is 0. The van der Waals surface area contributed by atoms with Crippen LogP contribution in [0.3, 0.4) is 0 Å². The zero-order valence-electron chi connectivity index (χ0n) is 7.26. The van der Waals surface area contributed by atoms with Gasteiger partial charge in [-0.25, -0.2) is 9.97 Å². The topological polar surface area (TPSA) is 37.8 Å². The molecule has 0 aliphatic rings. The first-order chi connectivity index (χ1) is 5.75. The number of hydrogen-bond donors (Lipinski definition) is 1. The highest BCUT2D eigenvalue weighted by Crippen LogP contribution is 2.17. The summed E-state index contributed by atoms with van der Waals surface area (Å²) < 4.78 is 0. The fourth-order valence-corrected chi connectivity index (χ4v) is 0.983. The third-order valence-electron chi connectivity index (χ3n) is 1.57. The van der Waals surface area contributed by atoms with E-state index in [0.717, 1.165) is 24.3 Å². The normalized spacial score (nSPS) is 9.92. The predicted molar refractivity (Wildman–Crippen MR) is 50.6 cm³/mol. The van der Waals surface area contributed by atoms with Crippen LogP contribution in [-0.2, 0) is 0 Å². The van der Waals surface area contributed by atoms with Crippen molar-refractivity contribution in [1.29, 1.82) is 0 Å². The van der Waals surface area contributed by atoms with Gasteiger partial charge < -0.3 is 5.32 Å². The minimum atomic E-state index is 0.517. The number of anilines is 1. The summed E-state index contributed by atoms with van der Waals surface area (Å²) in [6, 6.07) is 0. The first kappa shape index (κ1) is 9.26. The molecular weight excluding hydrogens is 174 g/mol. The van der Waals surface area contributed by atoms with Gasteiger partial charge in [-0.15, -0.1) is 0 Å². The van der Waals surface area contributed by atoms with Gasteiger partial charge in [-0.3, -0.25) is 0 Å². The Morgan fingerprint density at radius 2 is 2.25 bits per heavy atom. The Balaban J connectivity index is 2.78. The molecule has 0 amide bonds. The van der Waals surface area contributed by atoms with E-state index in [9.17, 15) is 0 Å². The number of rotatable bonds is 3. The van der Waals surface area contributed by atoms with Gasteiger partial charge in [0.25, 0.3) is 0 Å². The van der Waals surface area contributed by atoms with Crippen LogP contribution in [0.4, 0.5) is 5.82 Å². The van der Waals surface area contributed by atoms with Crippen molar-refractivity contribution in [2.75, 3.05) is 11.9 Å². The third kappa shape index (κ3) is 2.08. The number of aromatic nitrogens is 2. The van der Waals surface area contributed by atoms with Crippen molar-refractivity contribution in [2.45, 2.75) is 20.3 Å². The lowest BCUT2D eigenvalue weighted by Gasteiger charge is -2.06. The summed E-state index contributed by atoms with van der Waals surface area (Å²) in [4.78, 5) is 7.93. The van der Waals surface area contributed by atoms with Gasteiger partial charge >= 0.3 is 0 Å². The molecule has 0 aliphatic carbocycles. The molecule has 0 saturated carbocycles. The van der Waals surface area contributed by atoms with E-state index in [4.69, 9.17) is 11.6 Å². The number of nitrogens with one attached hydrogen (secondary N) is 1. The van der Waals surface area contributed by atoms with Gasteiger partial charge in [0.15, 0.2) is 0 Å². The van der Waals surface area contributed by atoms with Crippen LogP contribution in [0.25, 0.3) is 0 Å². The molecule has 1 rings (SSSR count). The van der Waals surface area contributed by atoms with E-state index in [2.05, 4.69) is 22.2 Å². The molecule has 1 aromatic heterocycles. The zero-order valence-corrected chi connectivity index (χ0v) is 8.02. The van der Waals surface area contributed by atoms with Crippen LogP contribution in [0, 0.1) is 6.92 Å². The zero-order chi connectivity index (χ0) is 8.97. The van der Waals surface area contributed by atoms with Gasteiger partial charge in [0.1, 0.15) is 17.3 Å². The molecule has 3 nitrogen and oxygen atoms in total. The lowest BCUT2D eigenvalue weighted by molar-refractivity contribution is 0.959. The fraction of sp³-hybridized carbons (Fsp3) is 0.500. The Kier molecular flexibility index (Phi) is 3.29. The van der Waals surface area contributed by atoms with E-state index in [1.54, 1.807) is 0 Å². The van der Waals surface area contributed by atoms with Crippen molar-refractivity contribution in [3.8, 4) is 0 Å². The summed E-state index contributed by atoms with van der Waals surface area (Å²) in [5.41, 5.74) is 0.910. The lowest BCUT2D eigenvalue weighted by Crippen LogP contribution is -2.04. The summed E-state index contributed by atoms with van der Waals surface area (Å²) >= 11 is 5.80. The molecule has 0 aromatic carbocycles. The minimum Gasteiger partial charge on any atom is -0.370 e. The van der Waals surface area contributed by atoms with Gasteiger partial charge in [-0.1, -0.05) is 18.5 Å². The number of nitrogens with zero attached hydrogens (tertiary/aromatic N) is 2. The quantitative estimate of drug-likeness (QED) is 0.735. The molecule has 1 N–H and O–H groups in total. The van der Waals surface area contributed by atoms with Gasteiger partial charge in [-0.2, -0.15) is 0 Å². The van der Waals surface area contributed by atoms with Crippen molar-refractivity contribution in [3.63, 3.8) is 0 Å². The minimum absolute atomic E-state index is 0.517. The average Bonchev–Trinajstić information content (AvgIpc) is 2.08. The van der Waals surface area contributed by atoms with Crippen molar-refractivity contribution < 1.29 is 0 Å². The average molecular weight is 186 g/mol. The summed E-state index contributed by atoms with van der Waals surface area (Å²) in [5.74, 6) is 0.830. The van der Waals surface area contributed by atoms with Gasteiger partial charge in [0, 0.05) is 12.1 Å². The second kappa shape index (κ2) is 4.26. The second-order valence-corrected chi connectivity index (χ2v) is 2.92. The maximum atomic E-state index is 5.80. The molecular formula is C8H12ClN3. The van der Waals surface area contributed by atoms with Crippen LogP contribution in [0.5, 0.6) is 0 Å². The molecule has 0 saturated heterocycles. The molecule has 1 aromatic rings. The lowest BCUT2D eigenvalue weighted by atomic mass is 10.3. The number of halogens is 1. The first-order valence-electron chi connectivity index (χ1n) is 3.96. The summed E-state index contributed by atoms with van der Waals surface area (Å²) in [6.07, 6.45) is 2.54. The number of hydrogen-bond acceptors (Lipinski definition) is 3. The molecule has 0 bridgehead atoms. The second-order valence-electron chi connectivity index (χ2n) is 2.56. The highest BCUT2D eigenvalue weighted by Gasteiger charge is 2.02. The monoisotopic (exact) mass is 185 g/mol. The molecule has 0 spiro atoms. The molecule has 66 valence electrons. The smallest absolute Gasteiger partial charge is 0.137 e. The van der Waals surface area contributed by atoms with Crippen LogP contribution < -0.4 is 5.32 Å². The van der Waals surface area contributed by atoms with E-state index in [1.165, 1.54) is 6.33 Å². The SMILES string of the molecule is CCCNc1ncnc(Cl)c1C. The predicted octanol–water partition coefficient (Wildman–Crippen LogP) is 2.26. The largest absolute Gasteiger partial charge is 0.370 e. The maximum Gasteiger partial charge on any atom is 0.137 e. The van der Waals surface area contributed by atoms with E-state index in [0.29, 0.717) is 5.15 Å². The van der Waals surface area contributed by atoms with E-state index in [-0.39, 0.29) is 0 Å². The third-order valence-corrected chi connectivity index (χ3v) is 1.95. The van der Waals surface area contributed by atoms with Crippen LogP contribution in [-0.4, -0.2) is 16.5 Å². The Morgan fingerprint density at radius 3 is 2.92 bits per heavy atom. The van der Waals surface area contributed by atoms with Crippen LogP contribution in [0.2, 0.25) is 5.15 Å². The molecule has 0 aliphatic heterocycles. The molecule has 12 heavy (non-hydrogen) atoms. The van der Waals surface area contributed by atoms with Crippen molar-refractivity contribution in [3.05, 3.63) is 17.0 Å². The van der Waals surface area contributed by atoms with Gasteiger partial charge in [-0.05, 0) is 13.3 Å². The molecule has 0 fully saturated rings. The van der Waals surface area contributed by atoms with E-state index < -0.39 is 0 Å². The summed E-state index contributed by atoms with van der Waals surface area (Å²) in [6.45, 7) is 4.92. The van der Waals surface area contributed by atoms with E-state index >= 15 is 0 Å². The van der Waals surface area contributed by atoms with Crippen molar-refractivity contribution in [1.82, 2.24) is 9.97 Å². The summed E-state index contributed by atoms with van der Waals surface area (Å²) in [5, 5.41) is 3.69. The first-order valence-corrected chi connectivity index (χ1v) is 4.34.